The third-order valence-corrected chi connectivity index (χ3v) is 5.35. The molecule has 1 unspecified atom stereocenters. The summed E-state index contributed by atoms with van der Waals surface area (Å²) in [6.07, 6.45) is 3.52. The number of carbonyl (C=O) groups is 2. The number of likely N-dealkylation sites (tertiary alicyclic amines) is 1. The summed E-state index contributed by atoms with van der Waals surface area (Å²) >= 11 is 0. The quantitative estimate of drug-likeness (QED) is 0.929. The highest BCUT2D eigenvalue weighted by atomic mass is 19.1. The van der Waals surface area contributed by atoms with E-state index in [0.29, 0.717) is 6.54 Å². The van der Waals surface area contributed by atoms with Gasteiger partial charge in [0, 0.05) is 18.0 Å². The van der Waals surface area contributed by atoms with Gasteiger partial charge >= 0.3 is 5.97 Å². The van der Waals surface area contributed by atoms with Gasteiger partial charge in [-0.1, -0.05) is 13.0 Å². The Bertz CT molecular complexity index is 654. The van der Waals surface area contributed by atoms with E-state index in [1.165, 1.54) is 12.1 Å². The molecule has 0 aromatic heterocycles. The van der Waals surface area contributed by atoms with Crippen LogP contribution in [-0.4, -0.2) is 34.5 Å². The lowest BCUT2D eigenvalue weighted by Gasteiger charge is -2.39. The molecule has 124 valence electrons. The molecule has 2 aliphatic rings. The van der Waals surface area contributed by atoms with Crippen LogP contribution in [0.5, 0.6) is 0 Å². The predicted molar refractivity (Wildman–Crippen MR) is 83.9 cm³/mol. The molecule has 1 aromatic carbocycles. The molecule has 23 heavy (non-hydrogen) atoms. The van der Waals surface area contributed by atoms with Crippen molar-refractivity contribution in [1.29, 1.82) is 0 Å². The predicted octanol–water partition coefficient (Wildman–Crippen LogP) is 3.42. The van der Waals surface area contributed by atoms with E-state index in [1.807, 2.05) is 18.7 Å². The molecule has 5 heteroatoms. The topological polar surface area (TPSA) is 57.6 Å². The van der Waals surface area contributed by atoms with Crippen LogP contribution < -0.4 is 0 Å². The maximum absolute atomic E-state index is 13.9. The number of halogens is 1. The Morgan fingerprint density at radius 3 is 2.57 bits per heavy atom. The third-order valence-electron chi connectivity index (χ3n) is 5.35. The van der Waals surface area contributed by atoms with Crippen LogP contribution >= 0.6 is 0 Å². The summed E-state index contributed by atoms with van der Waals surface area (Å²) in [5.41, 5.74) is 0.372. The highest BCUT2D eigenvalue weighted by Crippen LogP contribution is 2.48. The van der Waals surface area contributed by atoms with Gasteiger partial charge in [0.1, 0.15) is 5.82 Å². The summed E-state index contributed by atoms with van der Waals surface area (Å²) in [7, 11) is 0. The molecule has 1 amide bonds. The number of hydrogen-bond donors (Lipinski definition) is 1. The van der Waals surface area contributed by atoms with Crippen molar-refractivity contribution >= 4 is 11.9 Å². The Balaban J connectivity index is 1.71. The maximum Gasteiger partial charge on any atom is 0.338 e. The number of carboxylic acids is 1. The first-order valence-electron chi connectivity index (χ1n) is 8.15. The molecule has 1 aromatic rings. The van der Waals surface area contributed by atoms with Gasteiger partial charge < -0.3 is 10.0 Å². The van der Waals surface area contributed by atoms with Crippen LogP contribution in [-0.2, 0) is 4.79 Å². The summed E-state index contributed by atoms with van der Waals surface area (Å²) in [5, 5.41) is 8.90. The molecule has 1 saturated carbocycles. The Hall–Kier alpha value is -1.91. The minimum Gasteiger partial charge on any atom is -0.478 e. The van der Waals surface area contributed by atoms with Crippen molar-refractivity contribution in [2.45, 2.75) is 51.5 Å². The van der Waals surface area contributed by atoms with Gasteiger partial charge in [-0.2, -0.15) is 0 Å². The number of aromatic carboxylic acids is 1. The lowest BCUT2D eigenvalue weighted by atomic mass is 9.84. The van der Waals surface area contributed by atoms with E-state index in [0.717, 1.165) is 31.2 Å². The van der Waals surface area contributed by atoms with Gasteiger partial charge in [-0.05, 0) is 56.2 Å². The van der Waals surface area contributed by atoms with E-state index in [4.69, 9.17) is 5.11 Å². The number of nitrogens with zero attached hydrogens (tertiary/aromatic N) is 1. The second kappa shape index (κ2) is 5.62. The second-order valence-electron chi connectivity index (χ2n) is 7.17. The SMILES string of the molecule is C[C@@H]1CC(c2ccc(C(=O)O)c(F)c2)CCN1C(=O)C1(C)CC1. The highest BCUT2D eigenvalue weighted by Gasteiger charge is 2.48. The van der Waals surface area contributed by atoms with Crippen LogP contribution in [0.4, 0.5) is 4.39 Å². The van der Waals surface area contributed by atoms with E-state index < -0.39 is 11.8 Å². The van der Waals surface area contributed by atoms with E-state index in [-0.39, 0.29) is 28.8 Å². The number of carbonyl (C=O) groups excluding carboxylic acids is 1. The van der Waals surface area contributed by atoms with Crippen LogP contribution in [0.1, 0.15) is 61.4 Å². The molecule has 0 bridgehead atoms. The highest BCUT2D eigenvalue weighted by molar-refractivity contribution is 5.88. The molecule has 4 nitrogen and oxygen atoms in total. The number of piperidine rings is 1. The van der Waals surface area contributed by atoms with Gasteiger partial charge in [0.2, 0.25) is 5.91 Å². The summed E-state index contributed by atoms with van der Waals surface area (Å²) in [4.78, 5) is 25.4. The molecular formula is C18H22FNO3. The molecule has 1 N–H and O–H groups in total. The fraction of sp³-hybridized carbons (Fsp3) is 0.556. The molecule has 0 spiro atoms. The normalized spacial score (nSPS) is 26.0. The first-order chi connectivity index (χ1) is 10.8. The van der Waals surface area contributed by atoms with E-state index >= 15 is 0 Å². The second-order valence-corrected chi connectivity index (χ2v) is 7.17. The zero-order chi connectivity index (χ0) is 16.8. The standard InChI is InChI=1S/C18H22FNO3/c1-11-9-13(5-8-20(11)17(23)18(2)6-7-18)12-3-4-14(16(21)22)15(19)10-12/h3-4,10-11,13H,5-9H2,1-2H3,(H,21,22)/t11-,13?/m1/s1. The summed E-state index contributed by atoms with van der Waals surface area (Å²) in [5.74, 6) is -1.53. The average Bonchev–Trinajstić information content (AvgIpc) is 3.25. The largest absolute Gasteiger partial charge is 0.478 e. The van der Waals surface area contributed by atoms with Crippen LogP contribution in [0.15, 0.2) is 18.2 Å². The molecule has 1 aliphatic carbocycles. The molecule has 0 radical (unpaired) electrons. The molecule has 3 rings (SSSR count). The van der Waals surface area contributed by atoms with Gasteiger partial charge in [0.25, 0.3) is 0 Å². The Labute approximate surface area is 135 Å². The zero-order valence-electron chi connectivity index (χ0n) is 13.5. The summed E-state index contributed by atoms with van der Waals surface area (Å²) in [6.45, 7) is 4.74. The number of hydrogen-bond acceptors (Lipinski definition) is 2. The van der Waals surface area contributed by atoms with E-state index in [1.54, 1.807) is 6.07 Å². The Kier molecular flexibility index (Phi) is 3.90. The van der Waals surface area contributed by atoms with Gasteiger partial charge in [-0.25, -0.2) is 9.18 Å². The monoisotopic (exact) mass is 319 g/mol. The minimum atomic E-state index is -1.25. The minimum absolute atomic E-state index is 0.126. The first kappa shape index (κ1) is 16.0. The van der Waals surface area contributed by atoms with Crippen molar-refractivity contribution in [3.63, 3.8) is 0 Å². The third kappa shape index (κ3) is 2.96. The van der Waals surface area contributed by atoms with Crippen LogP contribution in [0, 0.1) is 11.2 Å². The molecule has 1 saturated heterocycles. The van der Waals surface area contributed by atoms with Crippen molar-refractivity contribution < 1.29 is 19.1 Å². The summed E-state index contributed by atoms with van der Waals surface area (Å²) in [6, 6.07) is 4.49. The number of carboxylic acid groups (broad SMARTS) is 1. The zero-order valence-corrected chi connectivity index (χ0v) is 13.5. The average molecular weight is 319 g/mol. The lowest BCUT2D eigenvalue weighted by molar-refractivity contribution is -0.140. The Morgan fingerprint density at radius 1 is 1.35 bits per heavy atom. The van der Waals surface area contributed by atoms with Crippen LogP contribution in [0.3, 0.4) is 0 Å². The van der Waals surface area contributed by atoms with Crippen molar-refractivity contribution in [2.24, 2.45) is 5.41 Å². The lowest BCUT2D eigenvalue weighted by Crippen LogP contribution is -2.46. The summed E-state index contributed by atoms with van der Waals surface area (Å²) < 4.78 is 13.9. The molecule has 1 heterocycles. The van der Waals surface area contributed by atoms with Gasteiger partial charge in [-0.3, -0.25) is 4.79 Å². The van der Waals surface area contributed by atoms with Gasteiger partial charge in [0.05, 0.1) is 5.56 Å². The number of benzene rings is 1. The van der Waals surface area contributed by atoms with E-state index in [2.05, 4.69) is 0 Å². The molecular weight excluding hydrogens is 297 g/mol. The first-order valence-corrected chi connectivity index (χ1v) is 8.15. The number of amides is 1. The van der Waals surface area contributed by atoms with Gasteiger partial charge in [0.15, 0.2) is 0 Å². The van der Waals surface area contributed by atoms with Crippen LogP contribution in [0.2, 0.25) is 0 Å². The Morgan fingerprint density at radius 2 is 2.04 bits per heavy atom. The number of rotatable bonds is 3. The van der Waals surface area contributed by atoms with E-state index in [9.17, 15) is 14.0 Å². The fourth-order valence-electron chi connectivity index (χ4n) is 3.48. The van der Waals surface area contributed by atoms with Crippen molar-refractivity contribution in [2.75, 3.05) is 6.54 Å². The van der Waals surface area contributed by atoms with Gasteiger partial charge in [-0.15, -0.1) is 0 Å². The molecule has 2 atom stereocenters. The van der Waals surface area contributed by atoms with Crippen molar-refractivity contribution in [1.82, 2.24) is 4.90 Å². The molecule has 2 fully saturated rings. The van der Waals surface area contributed by atoms with Crippen LogP contribution in [0.25, 0.3) is 0 Å². The van der Waals surface area contributed by atoms with Crippen molar-refractivity contribution in [3.8, 4) is 0 Å². The maximum atomic E-state index is 13.9. The fourth-order valence-corrected chi connectivity index (χ4v) is 3.48. The molecule has 1 aliphatic heterocycles. The smallest absolute Gasteiger partial charge is 0.338 e. The van der Waals surface area contributed by atoms with Crippen molar-refractivity contribution in [3.05, 3.63) is 35.1 Å².